The van der Waals surface area contributed by atoms with Crippen LogP contribution >= 0.6 is 0 Å². The van der Waals surface area contributed by atoms with E-state index in [0.717, 1.165) is 0 Å². The van der Waals surface area contributed by atoms with Crippen molar-refractivity contribution >= 4 is 0 Å². The van der Waals surface area contributed by atoms with Gasteiger partial charge in [-0.05, 0) is 0 Å². The maximum atomic E-state index is 8.77. The van der Waals surface area contributed by atoms with Crippen molar-refractivity contribution in [1.82, 2.24) is 0 Å². The zero-order valence-corrected chi connectivity index (χ0v) is 4.66. The van der Waals surface area contributed by atoms with Crippen LogP contribution in [0.4, 0.5) is 0 Å². The van der Waals surface area contributed by atoms with E-state index in [1.165, 1.54) is 23.9 Å². The van der Waals surface area contributed by atoms with E-state index >= 15 is 0 Å². The van der Waals surface area contributed by atoms with Crippen LogP contribution in [0.1, 0.15) is 0 Å². The second-order valence-corrected chi connectivity index (χ2v) is 0.920. The van der Waals surface area contributed by atoms with Crippen LogP contribution in [0.25, 0.3) is 0 Å². The van der Waals surface area contributed by atoms with Gasteiger partial charge >= 0.3 is 32.3 Å². The molecule has 0 saturated carbocycles. The van der Waals surface area contributed by atoms with Crippen LogP contribution in [0.2, 0.25) is 0 Å². The molecule has 0 bridgehead atoms. The standard InChI is InChI=1S/HNO2.NO2.Ru/c2*2-1-3;/h(H,2,3);;. The van der Waals surface area contributed by atoms with E-state index in [-0.39, 0.29) is 0 Å². The summed E-state index contributed by atoms with van der Waals surface area (Å²) in [7, 11) is 0. The quantitative estimate of drug-likeness (QED) is 0.251. The van der Waals surface area contributed by atoms with Gasteiger partial charge < -0.3 is 5.21 Å². The Morgan fingerprint density at radius 2 is 1.86 bits per heavy atom. The molecule has 0 spiro atoms. The second-order valence-electron chi connectivity index (χ2n) is 0.285. The van der Waals surface area contributed by atoms with Crippen molar-refractivity contribution < 1.29 is 27.4 Å². The fraction of sp³-hybridized carbons (Fsp3) is 0. The molecule has 0 saturated heterocycles. The molecule has 0 aromatic carbocycles. The van der Waals surface area contributed by atoms with E-state index in [1.807, 2.05) is 0 Å². The van der Waals surface area contributed by atoms with Crippen molar-refractivity contribution in [2.75, 3.05) is 0 Å². The molecule has 0 aliphatic rings. The SMILES string of the molecule is O=NO.O=[N+]([O-])[Ru]. The Hall–Kier alpha value is -0.577. The molecular formula is HN2O4Ru. The fourth-order valence-corrected chi connectivity index (χ4v) is 0. The zero-order valence-electron chi connectivity index (χ0n) is 2.92. The third kappa shape index (κ3) is 191. The first-order valence-corrected chi connectivity index (χ1v) is 1.68. The van der Waals surface area contributed by atoms with Gasteiger partial charge in [0.1, 0.15) is 0 Å². The summed E-state index contributed by atoms with van der Waals surface area (Å²) < 4.78 is -0.570. The minimum atomic E-state index is -0.570. The van der Waals surface area contributed by atoms with Crippen LogP contribution in [0, 0.1) is 15.0 Å². The molecule has 1 N–H and O–H groups in total. The Morgan fingerprint density at radius 3 is 1.86 bits per heavy atom. The normalized spacial score (nSPS) is 5.29. The third-order valence-corrected chi connectivity index (χ3v) is 0. The topological polar surface area (TPSA) is 92.8 Å². The van der Waals surface area contributed by atoms with Gasteiger partial charge in [0, 0.05) is 0 Å². The molecule has 0 unspecified atom stereocenters. The van der Waals surface area contributed by atoms with Crippen molar-refractivity contribution in [3.63, 3.8) is 0 Å². The maximum absolute atomic E-state index is 8.77. The summed E-state index contributed by atoms with van der Waals surface area (Å²) in [6.45, 7) is 0. The van der Waals surface area contributed by atoms with Gasteiger partial charge in [-0.1, -0.05) is 0 Å². The Bertz CT molecular complexity index is 56.7. The van der Waals surface area contributed by atoms with Crippen molar-refractivity contribution in [1.29, 1.82) is 0 Å². The monoisotopic (exact) mass is 195 g/mol. The van der Waals surface area contributed by atoms with E-state index in [1.54, 1.807) is 0 Å². The Labute approximate surface area is 48.5 Å². The zero-order chi connectivity index (χ0) is 6.28. The molecule has 0 atom stereocenters. The van der Waals surface area contributed by atoms with Crippen molar-refractivity contribution in [3.05, 3.63) is 15.0 Å². The van der Waals surface area contributed by atoms with Crippen molar-refractivity contribution in [2.45, 2.75) is 0 Å². The van der Waals surface area contributed by atoms with Crippen LogP contribution in [0.3, 0.4) is 0 Å². The summed E-state index contributed by atoms with van der Waals surface area (Å²) in [5.41, 5.74) is 0. The number of nitro groups is 1. The molecule has 7 heavy (non-hydrogen) atoms. The van der Waals surface area contributed by atoms with E-state index in [9.17, 15) is 0 Å². The van der Waals surface area contributed by atoms with Crippen LogP contribution in [0.15, 0.2) is 5.34 Å². The van der Waals surface area contributed by atoms with Crippen LogP contribution in [0.5, 0.6) is 0 Å². The molecule has 0 aliphatic carbocycles. The van der Waals surface area contributed by atoms with Gasteiger partial charge in [0.25, 0.3) is 0 Å². The Morgan fingerprint density at radius 1 is 1.86 bits per heavy atom. The van der Waals surface area contributed by atoms with Gasteiger partial charge in [-0.2, -0.15) is 0 Å². The van der Waals surface area contributed by atoms with Gasteiger partial charge in [0.15, 0.2) is 5.34 Å². The summed E-state index contributed by atoms with van der Waals surface area (Å²) in [4.78, 5) is 16.9. The average Bonchev–Trinajstić information content (AvgIpc) is 1.33. The van der Waals surface area contributed by atoms with Gasteiger partial charge in [-0.15, -0.1) is 4.91 Å². The number of hydrogen-bond donors (Lipinski definition) is 1. The molecule has 43 valence electrons. The van der Waals surface area contributed by atoms with Gasteiger partial charge in [-0.25, -0.2) is 0 Å². The Kier molecular flexibility index (Phi) is 12.5. The van der Waals surface area contributed by atoms with Gasteiger partial charge in [-0.3, -0.25) is 0 Å². The first-order chi connectivity index (χ1) is 3.15. The van der Waals surface area contributed by atoms with E-state index in [2.05, 4.69) is 0 Å². The average molecular weight is 194 g/mol. The minimum absolute atomic E-state index is 0.570. The first-order valence-electron chi connectivity index (χ1n) is 0.906. The predicted octanol–water partition coefficient (Wildman–Crippen LogP) is -0.133. The molecule has 0 aromatic heterocycles. The molecule has 0 aromatic rings. The summed E-state index contributed by atoms with van der Waals surface area (Å²) in [5, 5.41) is 16.7. The third-order valence-electron chi connectivity index (χ3n) is 0. The molecule has 7 heteroatoms. The van der Waals surface area contributed by atoms with Crippen LogP contribution in [-0.2, 0) is 18.5 Å². The molecule has 0 rings (SSSR count). The molecule has 0 radical (unpaired) electrons. The van der Waals surface area contributed by atoms with E-state index in [0.29, 0.717) is 0 Å². The van der Waals surface area contributed by atoms with E-state index in [4.69, 9.17) is 20.2 Å². The van der Waals surface area contributed by atoms with E-state index < -0.39 is 3.67 Å². The number of rotatable bonds is 0. The summed E-state index contributed by atoms with van der Waals surface area (Å²) in [6.07, 6.45) is 0. The summed E-state index contributed by atoms with van der Waals surface area (Å²) in [5.74, 6) is 0. The van der Waals surface area contributed by atoms with Gasteiger partial charge in [0.05, 0.1) is 0 Å². The van der Waals surface area contributed by atoms with Crippen molar-refractivity contribution in [3.8, 4) is 0 Å². The first kappa shape index (κ1) is 9.66. The molecule has 6 nitrogen and oxygen atoms in total. The fourth-order valence-electron chi connectivity index (χ4n) is 0. The summed E-state index contributed by atoms with van der Waals surface area (Å²) in [6, 6.07) is 0. The van der Waals surface area contributed by atoms with Crippen LogP contribution in [-0.4, -0.2) is 8.87 Å². The molecule has 0 aliphatic heterocycles. The van der Waals surface area contributed by atoms with Gasteiger partial charge in [0.2, 0.25) is 0 Å². The van der Waals surface area contributed by atoms with Crippen molar-refractivity contribution in [2.24, 2.45) is 5.34 Å². The predicted molar refractivity (Wildman–Crippen MR) is 14.6 cm³/mol. The summed E-state index contributed by atoms with van der Waals surface area (Å²) >= 11 is 1.30. The number of hydrogen-bond acceptors (Lipinski definition) is 4. The molecule has 0 fully saturated rings. The molecule has 0 heterocycles. The molecular weight excluding hydrogens is 193 g/mol. The van der Waals surface area contributed by atoms with Crippen LogP contribution < -0.4 is 0 Å². The number of nitrogens with zero attached hydrogens (tertiary/aromatic N) is 2. The Balaban J connectivity index is 0. The molecule has 0 amide bonds. The second kappa shape index (κ2) is 9.05.